The molecule has 1 heteroatoms. The second-order valence-corrected chi connectivity index (χ2v) is 4.15. The van der Waals surface area contributed by atoms with Crippen molar-refractivity contribution in [1.29, 1.82) is 0 Å². The Morgan fingerprint density at radius 1 is 1.18 bits per heavy atom. The smallest absolute Gasteiger partial charge is 0.0157 e. The van der Waals surface area contributed by atoms with Crippen LogP contribution in [0.25, 0.3) is 0 Å². The molecule has 3 aliphatic rings. The number of nitrogens with zero attached hydrogens (tertiary/aromatic N) is 1. The van der Waals surface area contributed by atoms with Crippen molar-refractivity contribution in [1.82, 2.24) is 4.90 Å². The van der Waals surface area contributed by atoms with Gasteiger partial charge in [0.05, 0.1) is 0 Å². The Morgan fingerprint density at radius 2 is 2.00 bits per heavy atom. The van der Waals surface area contributed by atoms with Gasteiger partial charge in [0.2, 0.25) is 0 Å². The molecule has 62 valence electrons. The van der Waals surface area contributed by atoms with E-state index in [1.807, 2.05) is 0 Å². The molecule has 3 atom stereocenters. The Morgan fingerprint density at radius 3 is 2.27 bits per heavy atom. The Bertz CT molecular complexity index is 172. The van der Waals surface area contributed by atoms with E-state index < -0.39 is 0 Å². The fourth-order valence-corrected chi connectivity index (χ4v) is 2.49. The molecule has 11 heavy (non-hydrogen) atoms. The van der Waals surface area contributed by atoms with E-state index in [0.717, 1.165) is 17.9 Å². The molecule has 0 saturated heterocycles. The Labute approximate surface area is 69.1 Å². The van der Waals surface area contributed by atoms with Crippen molar-refractivity contribution in [3.05, 3.63) is 12.2 Å². The molecule has 0 spiro atoms. The summed E-state index contributed by atoms with van der Waals surface area (Å²) in [6.07, 6.45) is 9.11. The van der Waals surface area contributed by atoms with Crippen LogP contribution in [-0.2, 0) is 0 Å². The van der Waals surface area contributed by atoms with Gasteiger partial charge in [-0.15, -0.1) is 0 Å². The van der Waals surface area contributed by atoms with Crippen molar-refractivity contribution >= 4 is 0 Å². The average molecular weight is 151 g/mol. The normalized spacial score (nSPS) is 41.9. The predicted molar refractivity (Wildman–Crippen MR) is 47.4 cm³/mol. The van der Waals surface area contributed by atoms with Crippen LogP contribution in [-0.4, -0.2) is 25.0 Å². The number of fused-ring (bicyclic) bond motifs is 2. The SMILES string of the molecule is CN(C)C1CC2C=CC1CC2. The minimum absolute atomic E-state index is 0.832. The maximum atomic E-state index is 2.43. The first-order valence-electron chi connectivity index (χ1n) is 4.62. The van der Waals surface area contributed by atoms with Crippen molar-refractivity contribution in [3.8, 4) is 0 Å². The average Bonchev–Trinajstić information content (AvgIpc) is 2.06. The van der Waals surface area contributed by atoms with Gasteiger partial charge >= 0.3 is 0 Å². The molecule has 0 aromatic carbocycles. The molecule has 1 saturated carbocycles. The molecule has 0 amide bonds. The molecule has 0 aromatic heterocycles. The monoisotopic (exact) mass is 151 g/mol. The van der Waals surface area contributed by atoms with Gasteiger partial charge in [-0.3, -0.25) is 0 Å². The van der Waals surface area contributed by atoms with E-state index in [0.29, 0.717) is 0 Å². The summed E-state index contributed by atoms with van der Waals surface area (Å²) in [6, 6.07) is 0.832. The van der Waals surface area contributed by atoms with E-state index in [4.69, 9.17) is 0 Å². The van der Waals surface area contributed by atoms with Crippen LogP contribution in [0, 0.1) is 11.8 Å². The molecule has 0 radical (unpaired) electrons. The van der Waals surface area contributed by atoms with Crippen LogP contribution in [0.4, 0.5) is 0 Å². The van der Waals surface area contributed by atoms with Gasteiger partial charge in [-0.2, -0.15) is 0 Å². The zero-order chi connectivity index (χ0) is 7.84. The first-order valence-corrected chi connectivity index (χ1v) is 4.62. The summed E-state index contributed by atoms with van der Waals surface area (Å²) in [7, 11) is 4.42. The minimum Gasteiger partial charge on any atom is -0.306 e. The van der Waals surface area contributed by atoms with Gasteiger partial charge in [-0.1, -0.05) is 12.2 Å². The molecule has 2 bridgehead atoms. The van der Waals surface area contributed by atoms with Gasteiger partial charge in [0.1, 0.15) is 0 Å². The molecule has 3 aliphatic carbocycles. The van der Waals surface area contributed by atoms with Crippen molar-refractivity contribution < 1.29 is 0 Å². The van der Waals surface area contributed by atoms with Gasteiger partial charge < -0.3 is 4.90 Å². The molecule has 0 aliphatic heterocycles. The maximum Gasteiger partial charge on any atom is 0.0157 e. The molecule has 0 aromatic rings. The summed E-state index contributed by atoms with van der Waals surface area (Å²) >= 11 is 0. The van der Waals surface area contributed by atoms with Crippen molar-refractivity contribution in [2.75, 3.05) is 14.1 Å². The van der Waals surface area contributed by atoms with Crippen molar-refractivity contribution in [3.63, 3.8) is 0 Å². The van der Waals surface area contributed by atoms with Crippen LogP contribution in [0.5, 0.6) is 0 Å². The lowest BCUT2D eigenvalue weighted by Gasteiger charge is -2.41. The fourth-order valence-electron chi connectivity index (χ4n) is 2.49. The topological polar surface area (TPSA) is 3.24 Å². The van der Waals surface area contributed by atoms with E-state index >= 15 is 0 Å². The molecular formula is C10H17N. The van der Waals surface area contributed by atoms with Crippen LogP contribution in [0.15, 0.2) is 12.2 Å². The van der Waals surface area contributed by atoms with Gasteiger partial charge in [-0.05, 0) is 45.2 Å². The van der Waals surface area contributed by atoms with Crippen molar-refractivity contribution in [2.45, 2.75) is 25.3 Å². The van der Waals surface area contributed by atoms with E-state index in [1.165, 1.54) is 19.3 Å². The largest absolute Gasteiger partial charge is 0.306 e. The highest BCUT2D eigenvalue weighted by molar-refractivity contribution is 5.08. The summed E-state index contributed by atoms with van der Waals surface area (Å²) in [5, 5.41) is 0. The lowest BCUT2D eigenvalue weighted by molar-refractivity contribution is 0.148. The van der Waals surface area contributed by atoms with Gasteiger partial charge in [0, 0.05) is 6.04 Å². The van der Waals surface area contributed by atoms with Crippen LogP contribution < -0.4 is 0 Å². The maximum absolute atomic E-state index is 2.43. The molecule has 0 N–H and O–H groups in total. The highest BCUT2D eigenvalue weighted by Crippen LogP contribution is 2.37. The van der Waals surface area contributed by atoms with E-state index in [2.05, 4.69) is 31.1 Å². The zero-order valence-electron chi connectivity index (χ0n) is 7.46. The highest BCUT2D eigenvalue weighted by atomic mass is 15.1. The molecule has 3 rings (SSSR count). The first-order chi connectivity index (χ1) is 5.27. The lowest BCUT2D eigenvalue weighted by Crippen LogP contribution is -2.41. The Hall–Kier alpha value is -0.300. The van der Waals surface area contributed by atoms with Gasteiger partial charge in [0.25, 0.3) is 0 Å². The third-order valence-corrected chi connectivity index (χ3v) is 3.20. The minimum atomic E-state index is 0.832. The number of hydrogen-bond acceptors (Lipinski definition) is 1. The number of rotatable bonds is 1. The molecule has 1 fully saturated rings. The summed E-state index contributed by atoms with van der Waals surface area (Å²) in [6.45, 7) is 0. The zero-order valence-corrected chi connectivity index (χ0v) is 7.46. The Balaban J connectivity index is 2.11. The van der Waals surface area contributed by atoms with E-state index in [1.54, 1.807) is 0 Å². The predicted octanol–water partition coefficient (Wildman–Crippen LogP) is 1.90. The molecular weight excluding hydrogens is 134 g/mol. The second kappa shape index (κ2) is 2.63. The molecule has 0 heterocycles. The quantitative estimate of drug-likeness (QED) is 0.517. The standard InChI is InChI=1S/C10H17N/c1-11(2)10-7-8-3-5-9(10)6-4-8/h3,5,8-10H,4,6-7H2,1-2H3. The van der Waals surface area contributed by atoms with Gasteiger partial charge in [-0.25, -0.2) is 0 Å². The van der Waals surface area contributed by atoms with Crippen LogP contribution >= 0.6 is 0 Å². The third kappa shape index (κ3) is 1.22. The second-order valence-electron chi connectivity index (χ2n) is 4.15. The first kappa shape index (κ1) is 7.35. The van der Waals surface area contributed by atoms with E-state index in [-0.39, 0.29) is 0 Å². The van der Waals surface area contributed by atoms with Crippen LogP contribution in [0.1, 0.15) is 19.3 Å². The lowest BCUT2D eigenvalue weighted by atomic mass is 9.72. The summed E-state index contributed by atoms with van der Waals surface area (Å²) in [5.41, 5.74) is 0. The fraction of sp³-hybridized carbons (Fsp3) is 0.800. The third-order valence-electron chi connectivity index (χ3n) is 3.20. The summed E-state index contributed by atoms with van der Waals surface area (Å²) in [4.78, 5) is 2.39. The van der Waals surface area contributed by atoms with Crippen LogP contribution in [0.3, 0.4) is 0 Å². The Kier molecular flexibility index (Phi) is 1.76. The van der Waals surface area contributed by atoms with Gasteiger partial charge in [0.15, 0.2) is 0 Å². The summed E-state index contributed by atoms with van der Waals surface area (Å²) in [5.74, 6) is 1.75. The van der Waals surface area contributed by atoms with E-state index in [9.17, 15) is 0 Å². The molecule has 3 unspecified atom stereocenters. The summed E-state index contributed by atoms with van der Waals surface area (Å²) < 4.78 is 0. The van der Waals surface area contributed by atoms with Crippen LogP contribution in [0.2, 0.25) is 0 Å². The number of hydrogen-bond donors (Lipinski definition) is 0. The van der Waals surface area contributed by atoms with Crippen molar-refractivity contribution in [2.24, 2.45) is 11.8 Å². The highest BCUT2D eigenvalue weighted by Gasteiger charge is 2.32. The molecule has 1 nitrogen and oxygen atoms in total. The number of allylic oxidation sites excluding steroid dienone is 1.